The Morgan fingerprint density at radius 2 is 1.81 bits per heavy atom. The van der Waals surface area contributed by atoms with E-state index in [2.05, 4.69) is 0 Å². The Labute approximate surface area is 108 Å². The zero-order valence-electron chi connectivity index (χ0n) is 10.0. The van der Waals surface area contributed by atoms with Gasteiger partial charge in [-0.1, -0.05) is 32.4 Å². The molecule has 0 aromatic heterocycles. The minimum atomic E-state index is -0.227. The van der Waals surface area contributed by atoms with Crippen molar-refractivity contribution in [3.8, 4) is 5.75 Å². The van der Waals surface area contributed by atoms with Crippen molar-refractivity contribution >= 4 is 24.0 Å². The molecule has 0 fully saturated rings. The van der Waals surface area contributed by atoms with E-state index in [9.17, 15) is 5.11 Å². The molecular weight excluding hydrogens is 245 g/mol. The molecule has 0 heterocycles. The quantitative estimate of drug-likeness (QED) is 0.809. The molecule has 0 saturated carbocycles. The Kier molecular flexibility index (Phi) is 5.12. The summed E-state index contributed by atoms with van der Waals surface area (Å²) in [6.45, 7) is 7.92. The summed E-state index contributed by atoms with van der Waals surface area (Å²) in [6, 6.07) is 3.24. The fourth-order valence-corrected chi connectivity index (χ4v) is 1.75. The molecule has 3 N–H and O–H groups in total. The third-order valence-electron chi connectivity index (χ3n) is 2.56. The number of phenolic OH excluding ortho intramolecular Hbond substituents is 1. The van der Waals surface area contributed by atoms with E-state index in [4.69, 9.17) is 17.3 Å². The number of hydrogen-bond donors (Lipinski definition) is 2. The Bertz CT molecular complexity index is 372. The normalized spacial score (nSPS) is 13.1. The molecule has 0 unspecified atom stereocenters. The van der Waals surface area contributed by atoms with E-state index in [1.165, 1.54) is 0 Å². The average Bonchev–Trinajstić information content (AvgIpc) is 2.08. The predicted molar refractivity (Wildman–Crippen MR) is 71.5 cm³/mol. The van der Waals surface area contributed by atoms with Gasteiger partial charge in [-0.05, 0) is 30.0 Å². The summed E-state index contributed by atoms with van der Waals surface area (Å²) in [6.07, 6.45) is 0. The number of rotatable bonds is 1. The number of aryl methyl sites for hydroxylation is 1. The Morgan fingerprint density at radius 3 is 2.25 bits per heavy atom. The van der Waals surface area contributed by atoms with E-state index >= 15 is 0 Å². The lowest BCUT2D eigenvalue weighted by Gasteiger charge is -2.28. The lowest BCUT2D eigenvalue weighted by Crippen LogP contribution is -2.26. The summed E-state index contributed by atoms with van der Waals surface area (Å²) >= 11 is 5.95. The standard InChI is InChI=1S/C12H18ClNO.ClH/c1-7-5-8(13)6-9(10(7)15)11(14)12(2,3)4;/h5-6,11,15H,14H2,1-4H3;1H/t11-;/m1./s1. The summed E-state index contributed by atoms with van der Waals surface area (Å²) in [4.78, 5) is 0. The zero-order chi connectivity index (χ0) is 11.8. The van der Waals surface area contributed by atoms with E-state index in [0.29, 0.717) is 10.6 Å². The fraction of sp³-hybridized carbons (Fsp3) is 0.500. The van der Waals surface area contributed by atoms with Gasteiger partial charge in [0.2, 0.25) is 0 Å². The average molecular weight is 264 g/mol. The lowest BCUT2D eigenvalue weighted by molar-refractivity contribution is 0.317. The molecule has 0 spiro atoms. The van der Waals surface area contributed by atoms with Crippen molar-refractivity contribution < 1.29 is 5.11 Å². The maximum atomic E-state index is 9.92. The number of benzene rings is 1. The van der Waals surface area contributed by atoms with Crippen molar-refractivity contribution in [2.45, 2.75) is 33.7 Å². The van der Waals surface area contributed by atoms with Crippen molar-refractivity contribution in [2.75, 3.05) is 0 Å². The molecule has 1 aromatic rings. The van der Waals surface area contributed by atoms with Gasteiger partial charge in [0.05, 0.1) is 0 Å². The Balaban J connectivity index is 0.00000225. The molecule has 92 valence electrons. The second kappa shape index (κ2) is 5.26. The van der Waals surface area contributed by atoms with Gasteiger partial charge in [0.15, 0.2) is 0 Å². The van der Waals surface area contributed by atoms with E-state index in [1.807, 2.05) is 27.7 Å². The molecule has 4 heteroatoms. The van der Waals surface area contributed by atoms with Crippen LogP contribution in [-0.2, 0) is 0 Å². The summed E-state index contributed by atoms with van der Waals surface area (Å²) in [7, 11) is 0. The molecule has 0 saturated heterocycles. The van der Waals surface area contributed by atoms with Gasteiger partial charge in [-0.3, -0.25) is 0 Å². The van der Waals surface area contributed by atoms with Crippen LogP contribution in [0.5, 0.6) is 5.75 Å². The van der Waals surface area contributed by atoms with Crippen LogP contribution in [0.1, 0.15) is 37.9 Å². The van der Waals surface area contributed by atoms with E-state index in [1.54, 1.807) is 12.1 Å². The maximum absolute atomic E-state index is 9.92. The van der Waals surface area contributed by atoms with Crippen molar-refractivity contribution in [3.05, 3.63) is 28.3 Å². The highest BCUT2D eigenvalue weighted by Crippen LogP contribution is 2.38. The monoisotopic (exact) mass is 263 g/mol. The van der Waals surface area contributed by atoms with E-state index in [0.717, 1.165) is 5.56 Å². The first-order valence-electron chi connectivity index (χ1n) is 4.98. The molecule has 0 aliphatic carbocycles. The summed E-state index contributed by atoms with van der Waals surface area (Å²) in [5.41, 5.74) is 7.47. The number of halogens is 2. The van der Waals surface area contributed by atoms with Gasteiger partial charge in [0.25, 0.3) is 0 Å². The first-order valence-corrected chi connectivity index (χ1v) is 5.36. The molecule has 16 heavy (non-hydrogen) atoms. The van der Waals surface area contributed by atoms with Crippen LogP contribution in [0.3, 0.4) is 0 Å². The van der Waals surface area contributed by atoms with Crippen molar-refractivity contribution in [1.82, 2.24) is 0 Å². The molecule has 0 aliphatic heterocycles. The molecule has 2 nitrogen and oxygen atoms in total. The summed E-state index contributed by atoms with van der Waals surface area (Å²) in [5, 5.41) is 10.5. The van der Waals surface area contributed by atoms with Crippen LogP contribution in [0.15, 0.2) is 12.1 Å². The summed E-state index contributed by atoms with van der Waals surface area (Å²) < 4.78 is 0. The summed E-state index contributed by atoms with van der Waals surface area (Å²) in [5.74, 6) is 0.252. The fourth-order valence-electron chi connectivity index (χ4n) is 1.47. The second-order valence-corrected chi connectivity index (χ2v) is 5.44. The van der Waals surface area contributed by atoms with Gasteiger partial charge in [0, 0.05) is 16.6 Å². The van der Waals surface area contributed by atoms with E-state index in [-0.39, 0.29) is 29.6 Å². The molecule has 1 atom stereocenters. The van der Waals surface area contributed by atoms with Crippen LogP contribution in [0.25, 0.3) is 0 Å². The number of aromatic hydroxyl groups is 1. The van der Waals surface area contributed by atoms with Crippen molar-refractivity contribution in [2.24, 2.45) is 11.1 Å². The SMILES string of the molecule is Cc1cc(Cl)cc([C@@H](N)C(C)(C)C)c1O.Cl. The van der Waals surface area contributed by atoms with Crippen LogP contribution in [0.4, 0.5) is 0 Å². The molecule has 0 amide bonds. The molecule has 0 bridgehead atoms. The predicted octanol–water partition coefficient (Wildman–Crippen LogP) is 3.82. The van der Waals surface area contributed by atoms with Gasteiger partial charge < -0.3 is 10.8 Å². The maximum Gasteiger partial charge on any atom is 0.123 e. The molecule has 0 radical (unpaired) electrons. The van der Waals surface area contributed by atoms with E-state index < -0.39 is 0 Å². The smallest absolute Gasteiger partial charge is 0.123 e. The Morgan fingerprint density at radius 1 is 1.31 bits per heavy atom. The minimum absolute atomic E-state index is 0. The van der Waals surface area contributed by atoms with Crippen molar-refractivity contribution in [1.29, 1.82) is 0 Å². The third-order valence-corrected chi connectivity index (χ3v) is 2.78. The molecule has 0 aliphatic rings. The van der Waals surface area contributed by atoms with Crippen LogP contribution in [0, 0.1) is 12.3 Å². The van der Waals surface area contributed by atoms with Crippen LogP contribution in [-0.4, -0.2) is 5.11 Å². The first kappa shape index (κ1) is 15.6. The minimum Gasteiger partial charge on any atom is -0.507 e. The van der Waals surface area contributed by atoms with Crippen LogP contribution < -0.4 is 5.73 Å². The zero-order valence-corrected chi connectivity index (χ0v) is 11.6. The van der Waals surface area contributed by atoms with Crippen molar-refractivity contribution in [3.63, 3.8) is 0 Å². The highest BCUT2D eigenvalue weighted by atomic mass is 35.5. The van der Waals surface area contributed by atoms with Gasteiger partial charge in [-0.25, -0.2) is 0 Å². The number of nitrogens with two attached hydrogens (primary N) is 1. The lowest BCUT2D eigenvalue weighted by atomic mass is 9.82. The second-order valence-electron chi connectivity index (χ2n) is 5.00. The molecule has 1 rings (SSSR count). The highest BCUT2D eigenvalue weighted by molar-refractivity contribution is 6.30. The topological polar surface area (TPSA) is 46.2 Å². The first-order chi connectivity index (χ1) is 6.73. The van der Waals surface area contributed by atoms with Crippen LogP contribution >= 0.6 is 24.0 Å². The van der Waals surface area contributed by atoms with Gasteiger partial charge in [-0.2, -0.15) is 0 Å². The largest absolute Gasteiger partial charge is 0.507 e. The van der Waals surface area contributed by atoms with Gasteiger partial charge >= 0.3 is 0 Å². The van der Waals surface area contributed by atoms with Gasteiger partial charge in [-0.15, -0.1) is 12.4 Å². The molecule has 1 aromatic carbocycles. The molecular formula is C12H19Cl2NO. The van der Waals surface area contributed by atoms with Crippen LogP contribution in [0.2, 0.25) is 5.02 Å². The number of phenols is 1. The van der Waals surface area contributed by atoms with Gasteiger partial charge in [0.1, 0.15) is 5.75 Å². The Hall–Kier alpha value is -0.440. The highest BCUT2D eigenvalue weighted by Gasteiger charge is 2.25. The third kappa shape index (κ3) is 3.27. The number of hydrogen-bond acceptors (Lipinski definition) is 2.